The van der Waals surface area contributed by atoms with Gasteiger partial charge in [0.15, 0.2) is 0 Å². The van der Waals surface area contributed by atoms with Crippen molar-refractivity contribution in [3.8, 4) is 5.75 Å². The highest BCUT2D eigenvalue weighted by atomic mass is 16.5. The fourth-order valence-electron chi connectivity index (χ4n) is 5.39. The van der Waals surface area contributed by atoms with Crippen molar-refractivity contribution in [2.24, 2.45) is 11.3 Å². The van der Waals surface area contributed by atoms with Crippen LogP contribution in [-0.2, 0) is 5.41 Å². The van der Waals surface area contributed by atoms with Crippen molar-refractivity contribution < 1.29 is 9.84 Å². The second kappa shape index (κ2) is 5.51. The maximum Gasteiger partial charge on any atom is 0.122 e. The van der Waals surface area contributed by atoms with Crippen LogP contribution in [0.5, 0.6) is 5.75 Å². The molecule has 3 rings (SSSR count). The average molecular weight is 316 g/mol. The lowest BCUT2D eigenvalue weighted by Gasteiger charge is -2.55. The minimum absolute atomic E-state index is 0.152. The van der Waals surface area contributed by atoms with Gasteiger partial charge in [0.05, 0.1) is 13.2 Å². The van der Waals surface area contributed by atoms with E-state index in [1.54, 1.807) is 7.11 Å². The molecule has 2 heteroatoms. The molecule has 0 amide bonds. The van der Waals surface area contributed by atoms with Gasteiger partial charge in [0.2, 0.25) is 0 Å². The molecular weight excluding hydrogens is 284 g/mol. The van der Waals surface area contributed by atoms with Crippen molar-refractivity contribution in [3.05, 3.63) is 28.8 Å². The smallest absolute Gasteiger partial charge is 0.122 e. The van der Waals surface area contributed by atoms with E-state index in [2.05, 4.69) is 46.8 Å². The van der Waals surface area contributed by atoms with Gasteiger partial charge in [-0.05, 0) is 70.8 Å². The maximum absolute atomic E-state index is 10.9. The largest absolute Gasteiger partial charge is 0.496 e. The number of aliphatic hydroxyl groups is 1. The molecule has 0 unspecified atom stereocenters. The minimum Gasteiger partial charge on any atom is -0.496 e. The number of aliphatic hydroxyl groups excluding tert-OH is 1. The van der Waals surface area contributed by atoms with E-state index in [4.69, 9.17) is 4.74 Å². The fraction of sp³-hybridized carbons (Fsp3) is 0.714. The molecule has 1 N–H and O–H groups in total. The molecule has 1 fully saturated rings. The third-order valence-electron chi connectivity index (χ3n) is 6.69. The van der Waals surface area contributed by atoms with E-state index in [0.717, 1.165) is 17.7 Å². The zero-order valence-electron chi connectivity index (χ0n) is 15.6. The molecule has 3 atom stereocenters. The lowest BCUT2D eigenvalue weighted by Crippen LogP contribution is -2.48. The van der Waals surface area contributed by atoms with Crippen LogP contribution in [0.1, 0.15) is 89.0 Å². The number of hydrogen-bond donors (Lipinski definition) is 1. The fourth-order valence-corrected chi connectivity index (χ4v) is 5.39. The Balaban J connectivity index is 2.20. The van der Waals surface area contributed by atoms with Crippen molar-refractivity contribution >= 4 is 0 Å². The first-order valence-corrected chi connectivity index (χ1v) is 9.11. The van der Waals surface area contributed by atoms with Gasteiger partial charge in [0.25, 0.3) is 0 Å². The molecule has 128 valence electrons. The molecule has 23 heavy (non-hydrogen) atoms. The molecule has 0 spiro atoms. The summed E-state index contributed by atoms with van der Waals surface area (Å²) >= 11 is 0. The Morgan fingerprint density at radius 1 is 1.17 bits per heavy atom. The van der Waals surface area contributed by atoms with Crippen LogP contribution in [0.4, 0.5) is 0 Å². The Hall–Kier alpha value is -1.02. The SMILES string of the molecule is COc1cc2c(cc1C(C)C)[C@@H](O)C[C@H]1C(C)(C)CCC[C@]21C. The predicted molar refractivity (Wildman–Crippen MR) is 95.1 cm³/mol. The molecule has 1 saturated carbocycles. The van der Waals surface area contributed by atoms with Crippen LogP contribution in [0.2, 0.25) is 0 Å². The van der Waals surface area contributed by atoms with E-state index in [1.165, 1.54) is 30.4 Å². The molecule has 1 aromatic carbocycles. The van der Waals surface area contributed by atoms with Gasteiger partial charge in [0.1, 0.15) is 5.75 Å². The van der Waals surface area contributed by atoms with Crippen LogP contribution in [-0.4, -0.2) is 12.2 Å². The van der Waals surface area contributed by atoms with Gasteiger partial charge in [-0.15, -0.1) is 0 Å². The number of rotatable bonds is 2. The lowest BCUT2D eigenvalue weighted by molar-refractivity contribution is -0.00689. The quantitative estimate of drug-likeness (QED) is 0.798. The first kappa shape index (κ1) is 16.8. The van der Waals surface area contributed by atoms with Crippen LogP contribution in [0, 0.1) is 11.3 Å². The molecule has 0 bridgehead atoms. The Labute approximate surface area is 141 Å². The van der Waals surface area contributed by atoms with Crippen molar-refractivity contribution in [1.82, 2.24) is 0 Å². The normalized spacial score (nSPS) is 32.3. The summed E-state index contributed by atoms with van der Waals surface area (Å²) in [5.74, 6) is 1.91. The molecule has 0 aromatic heterocycles. The van der Waals surface area contributed by atoms with Gasteiger partial charge in [0, 0.05) is 0 Å². The van der Waals surface area contributed by atoms with Crippen molar-refractivity contribution in [2.75, 3.05) is 7.11 Å². The van der Waals surface area contributed by atoms with Crippen LogP contribution in [0.15, 0.2) is 12.1 Å². The summed E-state index contributed by atoms with van der Waals surface area (Å²) in [4.78, 5) is 0. The van der Waals surface area contributed by atoms with E-state index in [1.807, 2.05) is 0 Å². The molecule has 0 aliphatic heterocycles. The minimum atomic E-state index is -0.344. The summed E-state index contributed by atoms with van der Waals surface area (Å²) in [5, 5.41) is 10.9. The molecule has 0 radical (unpaired) electrons. The van der Waals surface area contributed by atoms with Gasteiger partial charge in [-0.1, -0.05) is 41.0 Å². The van der Waals surface area contributed by atoms with Gasteiger partial charge in [-0.2, -0.15) is 0 Å². The lowest BCUT2D eigenvalue weighted by atomic mass is 9.50. The Bertz CT molecular complexity index is 602. The first-order valence-electron chi connectivity index (χ1n) is 9.11. The van der Waals surface area contributed by atoms with Crippen LogP contribution >= 0.6 is 0 Å². The molecule has 0 heterocycles. The maximum atomic E-state index is 10.9. The Kier molecular flexibility index (Phi) is 4.03. The van der Waals surface area contributed by atoms with E-state index >= 15 is 0 Å². The second-order valence-electron chi connectivity index (χ2n) is 8.90. The van der Waals surface area contributed by atoms with Gasteiger partial charge in [-0.3, -0.25) is 0 Å². The van der Waals surface area contributed by atoms with Crippen molar-refractivity contribution in [3.63, 3.8) is 0 Å². The van der Waals surface area contributed by atoms with Gasteiger partial charge < -0.3 is 9.84 Å². The summed E-state index contributed by atoms with van der Waals surface area (Å²) in [6, 6.07) is 4.45. The van der Waals surface area contributed by atoms with Crippen molar-refractivity contribution in [2.45, 2.75) is 77.7 Å². The zero-order chi connectivity index (χ0) is 17.0. The first-order chi connectivity index (χ1) is 10.7. The molecule has 2 aliphatic rings. The van der Waals surface area contributed by atoms with Crippen LogP contribution in [0.25, 0.3) is 0 Å². The Morgan fingerprint density at radius 2 is 1.87 bits per heavy atom. The highest BCUT2D eigenvalue weighted by Crippen LogP contribution is 2.59. The van der Waals surface area contributed by atoms with E-state index in [-0.39, 0.29) is 16.9 Å². The summed E-state index contributed by atoms with van der Waals surface area (Å²) in [6.07, 6.45) is 4.29. The van der Waals surface area contributed by atoms with Crippen LogP contribution < -0.4 is 4.74 Å². The second-order valence-corrected chi connectivity index (χ2v) is 8.90. The number of ether oxygens (including phenoxy) is 1. The van der Waals surface area contributed by atoms with Crippen molar-refractivity contribution in [1.29, 1.82) is 0 Å². The highest BCUT2D eigenvalue weighted by Gasteiger charge is 2.51. The third-order valence-corrected chi connectivity index (χ3v) is 6.69. The predicted octanol–water partition coefficient (Wildman–Crippen LogP) is 5.34. The zero-order valence-corrected chi connectivity index (χ0v) is 15.6. The molecule has 2 aliphatic carbocycles. The molecule has 0 saturated heterocycles. The summed E-state index contributed by atoms with van der Waals surface area (Å²) in [6.45, 7) is 11.6. The number of hydrogen-bond acceptors (Lipinski definition) is 2. The highest BCUT2D eigenvalue weighted by molar-refractivity contribution is 5.50. The summed E-state index contributed by atoms with van der Waals surface area (Å²) in [7, 11) is 1.76. The van der Waals surface area contributed by atoms with Gasteiger partial charge in [-0.25, -0.2) is 0 Å². The number of benzene rings is 1. The number of fused-ring (bicyclic) bond motifs is 3. The summed E-state index contributed by atoms with van der Waals surface area (Å²) < 4.78 is 5.70. The average Bonchev–Trinajstić information content (AvgIpc) is 2.48. The van der Waals surface area contributed by atoms with Crippen LogP contribution in [0.3, 0.4) is 0 Å². The van der Waals surface area contributed by atoms with E-state index < -0.39 is 0 Å². The van der Waals surface area contributed by atoms with Gasteiger partial charge >= 0.3 is 0 Å². The van der Waals surface area contributed by atoms with E-state index in [0.29, 0.717) is 11.8 Å². The molecular formula is C21H32O2. The topological polar surface area (TPSA) is 29.5 Å². The Morgan fingerprint density at radius 3 is 2.48 bits per heavy atom. The third kappa shape index (κ3) is 2.50. The monoisotopic (exact) mass is 316 g/mol. The number of methoxy groups -OCH3 is 1. The molecule has 1 aromatic rings. The summed E-state index contributed by atoms with van der Waals surface area (Å²) in [5.41, 5.74) is 4.12. The standard InChI is InChI=1S/C21H32O2/c1-13(2)14-10-15-16(11-18(14)23-6)21(5)9-7-8-20(3,4)19(21)12-17(15)22/h10-11,13,17,19,22H,7-9,12H2,1-6H3/t17-,19-,21+/m0/s1. The molecule has 2 nitrogen and oxygen atoms in total. The van der Waals surface area contributed by atoms with E-state index in [9.17, 15) is 5.11 Å².